The summed E-state index contributed by atoms with van der Waals surface area (Å²) in [6, 6.07) is 13.9. The number of hydrogen-bond acceptors (Lipinski definition) is 2. The third-order valence-corrected chi connectivity index (χ3v) is 6.39. The molecule has 0 atom stereocenters. The van der Waals surface area contributed by atoms with E-state index in [2.05, 4.69) is 22.8 Å². The maximum absolute atomic E-state index is 11.6. The molecule has 1 fully saturated rings. The SMILES string of the molecule is N=C1Cc2ccccc2-c2c(C3CCCCC3)c3ccc(C(=O)O)cc3n2C1. The second kappa shape index (κ2) is 6.62. The van der Waals surface area contributed by atoms with E-state index in [1.807, 2.05) is 12.1 Å². The van der Waals surface area contributed by atoms with E-state index >= 15 is 0 Å². The number of carboxylic acids is 1. The molecular weight excluding hydrogens is 348 g/mol. The van der Waals surface area contributed by atoms with Gasteiger partial charge >= 0.3 is 5.97 Å². The van der Waals surface area contributed by atoms with Gasteiger partial charge < -0.3 is 15.1 Å². The summed E-state index contributed by atoms with van der Waals surface area (Å²) in [5.41, 5.74) is 6.92. The van der Waals surface area contributed by atoms with Gasteiger partial charge in [-0.3, -0.25) is 0 Å². The molecule has 3 aromatic rings. The minimum atomic E-state index is -0.902. The van der Waals surface area contributed by atoms with Gasteiger partial charge in [0.05, 0.1) is 23.3 Å². The Kier molecular flexibility index (Phi) is 4.08. The average Bonchev–Trinajstić information content (AvgIpc) is 2.93. The third-order valence-electron chi connectivity index (χ3n) is 6.39. The Bertz CT molecular complexity index is 1100. The molecule has 0 radical (unpaired) electrons. The fraction of sp³-hybridized carbons (Fsp3) is 0.333. The largest absolute Gasteiger partial charge is 0.478 e. The molecule has 4 heteroatoms. The number of aromatic carboxylic acids is 1. The van der Waals surface area contributed by atoms with Crippen molar-refractivity contribution in [2.45, 2.75) is 51.0 Å². The number of nitrogens with zero attached hydrogens (tertiary/aromatic N) is 1. The minimum absolute atomic E-state index is 0.312. The van der Waals surface area contributed by atoms with Gasteiger partial charge in [-0.15, -0.1) is 0 Å². The van der Waals surface area contributed by atoms with Crippen LogP contribution in [0.25, 0.3) is 22.2 Å². The fourth-order valence-electron chi connectivity index (χ4n) is 5.15. The monoisotopic (exact) mass is 372 g/mol. The van der Waals surface area contributed by atoms with Crippen LogP contribution in [-0.2, 0) is 13.0 Å². The third kappa shape index (κ3) is 2.67. The predicted molar refractivity (Wildman–Crippen MR) is 112 cm³/mol. The van der Waals surface area contributed by atoms with Crippen LogP contribution in [0, 0.1) is 5.41 Å². The van der Waals surface area contributed by atoms with Gasteiger partial charge in [-0.1, -0.05) is 49.6 Å². The van der Waals surface area contributed by atoms with E-state index in [0.717, 1.165) is 10.9 Å². The van der Waals surface area contributed by atoms with Crippen LogP contribution in [0.15, 0.2) is 42.5 Å². The van der Waals surface area contributed by atoms with Crippen LogP contribution >= 0.6 is 0 Å². The van der Waals surface area contributed by atoms with E-state index in [9.17, 15) is 9.90 Å². The summed E-state index contributed by atoms with van der Waals surface area (Å²) >= 11 is 0. The molecule has 142 valence electrons. The van der Waals surface area contributed by atoms with E-state index in [1.165, 1.54) is 54.5 Å². The van der Waals surface area contributed by atoms with Crippen molar-refractivity contribution in [2.75, 3.05) is 0 Å². The van der Waals surface area contributed by atoms with Crippen LogP contribution in [0.5, 0.6) is 0 Å². The molecule has 1 saturated carbocycles. The molecule has 2 N–H and O–H groups in total. The van der Waals surface area contributed by atoms with Crippen molar-refractivity contribution in [1.82, 2.24) is 4.57 Å². The van der Waals surface area contributed by atoms with E-state index in [1.54, 1.807) is 12.1 Å². The van der Waals surface area contributed by atoms with Crippen LogP contribution in [-0.4, -0.2) is 21.4 Å². The van der Waals surface area contributed by atoms with Crippen LogP contribution < -0.4 is 0 Å². The Morgan fingerprint density at radius 3 is 2.64 bits per heavy atom. The zero-order valence-electron chi connectivity index (χ0n) is 15.9. The molecule has 0 unspecified atom stereocenters. The number of carboxylic acid groups (broad SMARTS) is 1. The first-order chi connectivity index (χ1) is 13.6. The van der Waals surface area contributed by atoms with Crippen LogP contribution in [0.1, 0.15) is 59.5 Å². The maximum atomic E-state index is 11.6. The van der Waals surface area contributed by atoms with Gasteiger partial charge in [0.2, 0.25) is 0 Å². The summed E-state index contributed by atoms with van der Waals surface area (Å²) in [6.45, 7) is 0.524. The molecule has 2 aromatic carbocycles. The van der Waals surface area contributed by atoms with Crippen molar-refractivity contribution in [3.63, 3.8) is 0 Å². The molecule has 1 aromatic heterocycles. The molecule has 0 spiro atoms. The van der Waals surface area contributed by atoms with Gasteiger partial charge in [0.25, 0.3) is 0 Å². The lowest BCUT2D eigenvalue weighted by atomic mass is 9.81. The average molecular weight is 372 g/mol. The summed E-state index contributed by atoms with van der Waals surface area (Å²) in [6.07, 6.45) is 6.83. The number of fused-ring (bicyclic) bond motifs is 5. The first kappa shape index (κ1) is 17.2. The minimum Gasteiger partial charge on any atom is -0.478 e. The summed E-state index contributed by atoms with van der Waals surface area (Å²) in [4.78, 5) is 11.6. The Morgan fingerprint density at radius 2 is 1.86 bits per heavy atom. The van der Waals surface area contributed by atoms with Crippen molar-refractivity contribution in [3.05, 3.63) is 59.2 Å². The Balaban J connectivity index is 1.87. The second-order valence-corrected chi connectivity index (χ2v) is 8.16. The van der Waals surface area contributed by atoms with Gasteiger partial charge in [0.1, 0.15) is 0 Å². The topological polar surface area (TPSA) is 66.1 Å². The molecular formula is C24H24N2O2. The number of carbonyl (C=O) groups is 1. The van der Waals surface area contributed by atoms with E-state index in [4.69, 9.17) is 5.41 Å². The lowest BCUT2D eigenvalue weighted by Gasteiger charge is -2.23. The van der Waals surface area contributed by atoms with Crippen LogP contribution in [0.3, 0.4) is 0 Å². The standard InChI is InChI=1S/C24H24N2O2/c25-18-12-16-8-4-5-9-19(16)23-22(15-6-2-1-3-7-15)20-11-10-17(24(27)28)13-21(20)26(23)14-18/h4-5,8-11,13,15,25H,1-3,6-7,12,14H2,(H,27,28). The molecule has 5 rings (SSSR count). The lowest BCUT2D eigenvalue weighted by molar-refractivity contribution is 0.0697. The highest BCUT2D eigenvalue weighted by atomic mass is 16.4. The number of rotatable bonds is 2. The van der Waals surface area contributed by atoms with Crippen molar-refractivity contribution in [1.29, 1.82) is 5.41 Å². The number of hydrogen-bond donors (Lipinski definition) is 2. The van der Waals surface area contributed by atoms with Crippen molar-refractivity contribution >= 4 is 22.6 Å². The first-order valence-electron chi connectivity index (χ1n) is 10.2. The number of aromatic nitrogens is 1. The van der Waals surface area contributed by atoms with Crippen molar-refractivity contribution in [3.8, 4) is 11.3 Å². The highest BCUT2D eigenvalue weighted by Crippen LogP contribution is 2.45. The smallest absolute Gasteiger partial charge is 0.335 e. The molecule has 1 aliphatic carbocycles. The molecule has 2 heterocycles. The Morgan fingerprint density at radius 1 is 1.07 bits per heavy atom. The molecule has 0 saturated heterocycles. The number of nitrogens with one attached hydrogen (secondary N) is 1. The molecule has 0 amide bonds. The first-order valence-corrected chi connectivity index (χ1v) is 10.2. The summed E-state index contributed by atoms with van der Waals surface area (Å²) in [5.74, 6) is -0.399. The van der Waals surface area contributed by atoms with Gasteiger partial charge in [0.15, 0.2) is 0 Å². The lowest BCUT2D eigenvalue weighted by Crippen LogP contribution is -2.10. The molecule has 2 aliphatic rings. The summed E-state index contributed by atoms with van der Waals surface area (Å²) in [5, 5.41) is 19.2. The van der Waals surface area contributed by atoms with Crippen LogP contribution in [0.4, 0.5) is 0 Å². The second-order valence-electron chi connectivity index (χ2n) is 8.16. The van der Waals surface area contributed by atoms with E-state index in [0.29, 0.717) is 30.2 Å². The Labute approximate surface area is 164 Å². The van der Waals surface area contributed by atoms with Crippen molar-refractivity contribution in [2.24, 2.45) is 0 Å². The normalized spacial score (nSPS) is 17.2. The Hall–Kier alpha value is -2.88. The number of benzene rings is 2. The van der Waals surface area contributed by atoms with Gasteiger partial charge in [-0.05, 0) is 42.0 Å². The molecule has 4 nitrogen and oxygen atoms in total. The summed E-state index contributed by atoms with van der Waals surface area (Å²) in [7, 11) is 0. The fourth-order valence-corrected chi connectivity index (χ4v) is 5.15. The van der Waals surface area contributed by atoms with Crippen LogP contribution in [0.2, 0.25) is 0 Å². The quantitative estimate of drug-likeness (QED) is 0.612. The predicted octanol–water partition coefficient (Wildman–Crippen LogP) is 5.63. The zero-order chi connectivity index (χ0) is 19.3. The zero-order valence-corrected chi connectivity index (χ0v) is 15.9. The van der Waals surface area contributed by atoms with E-state index < -0.39 is 5.97 Å². The van der Waals surface area contributed by atoms with E-state index in [-0.39, 0.29) is 0 Å². The molecule has 1 aliphatic heterocycles. The van der Waals surface area contributed by atoms with Gasteiger partial charge in [0, 0.05) is 23.1 Å². The van der Waals surface area contributed by atoms with Gasteiger partial charge in [-0.2, -0.15) is 0 Å². The van der Waals surface area contributed by atoms with Gasteiger partial charge in [-0.25, -0.2) is 4.79 Å². The highest BCUT2D eigenvalue weighted by molar-refractivity contribution is 6.01. The summed E-state index contributed by atoms with van der Waals surface area (Å²) < 4.78 is 2.21. The van der Waals surface area contributed by atoms with Crippen molar-refractivity contribution < 1.29 is 9.90 Å². The highest BCUT2D eigenvalue weighted by Gasteiger charge is 2.29. The maximum Gasteiger partial charge on any atom is 0.335 e. The molecule has 0 bridgehead atoms. The molecule has 28 heavy (non-hydrogen) atoms.